The van der Waals surface area contributed by atoms with Gasteiger partial charge in [-0.05, 0) is 11.1 Å². The van der Waals surface area contributed by atoms with E-state index in [2.05, 4.69) is 5.32 Å². The molecule has 0 saturated carbocycles. The van der Waals surface area contributed by atoms with Crippen LogP contribution in [0.4, 0.5) is 0 Å². The maximum atomic E-state index is 10.9. The van der Waals surface area contributed by atoms with Gasteiger partial charge in [0.05, 0.1) is 6.04 Å². The first-order chi connectivity index (χ1) is 7.17. The van der Waals surface area contributed by atoms with Gasteiger partial charge in [0, 0.05) is 20.0 Å². The molecule has 15 heavy (non-hydrogen) atoms. The number of hydrogen-bond acceptors (Lipinski definition) is 3. The highest BCUT2D eigenvalue weighted by molar-refractivity contribution is 5.73. The summed E-state index contributed by atoms with van der Waals surface area (Å²) in [5.41, 5.74) is 13.2. The SMILES string of the molecule is CC(=O)NC(CN)c1cccc(CN)c1. The third-order valence-electron chi connectivity index (χ3n) is 2.20. The molecule has 0 aromatic heterocycles. The van der Waals surface area contributed by atoms with Gasteiger partial charge < -0.3 is 16.8 Å². The smallest absolute Gasteiger partial charge is 0.217 e. The molecule has 1 aromatic carbocycles. The first kappa shape index (κ1) is 11.7. The number of carbonyl (C=O) groups is 1. The molecule has 1 unspecified atom stereocenters. The minimum absolute atomic E-state index is 0.0800. The Bertz CT molecular complexity index is 338. The van der Waals surface area contributed by atoms with Gasteiger partial charge in [0.2, 0.25) is 5.91 Å². The fraction of sp³-hybridized carbons (Fsp3) is 0.364. The average Bonchev–Trinajstić information content (AvgIpc) is 2.25. The number of rotatable bonds is 4. The molecule has 0 spiro atoms. The summed E-state index contributed by atoms with van der Waals surface area (Å²) in [6, 6.07) is 7.64. The molecule has 5 N–H and O–H groups in total. The van der Waals surface area contributed by atoms with Gasteiger partial charge >= 0.3 is 0 Å². The molecule has 4 heteroatoms. The van der Waals surface area contributed by atoms with Crippen LogP contribution in [0, 0.1) is 0 Å². The number of nitrogens with one attached hydrogen (secondary N) is 1. The molecular formula is C11H17N3O. The van der Waals surface area contributed by atoms with E-state index in [1.54, 1.807) is 0 Å². The predicted molar refractivity (Wildman–Crippen MR) is 59.9 cm³/mol. The molecule has 4 nitrogen and oxygen atoms in total. The van der Waals surface area contributed by atoms with E-state index in [9.17, 15) is 4.79 Å². The summed E-state index contributed by atoms with van der Waals surface area (Å²) < 4.78 is 0. The van der Waals surface area contributed by atoms with Crippen LogP contribution in [0.3, 0.4) is 0 Å². The zero-order valence-corrected chi connectivity index (χ0v) is 8.86. The topological polar surface area (TPSA) is 81.1 Å². The zero-order valence-electron chi connectivity index (χ0n) is 8.86. The van der Waals surface area contributed by atoms with Crippen LogP contribution in [0.5, 0.6) is 0 Å². The lowest BCUT2D eigenvalue weighted by Crippen LogP contribution is -2.31. The van der Waals surface area contributed by atoms with Crippen LogP contribution >= 0.6 is 0 Å². The summed E-state index contributed by atoms with van der Waals surface area (Å²) >= 11 is 0. The van der Waals surface area contributed by atoms with Gasteiger partial charge in [-0.15, -0.1) is 0 Å². The van der Waals surface area contributed by atoms with Crippen LogP contribution in [-0.2, 0) is 11.3 Å². The van der Waals surface area contributed by atoms with E-state index >= 15 is 0 Å². The lowest BCUT2D eigenvalue weighted by Gasteiger charge is -2.16. The molecule has 0 aliphatic heterocycles. The fourth-order valence-corrected chi connectivity index (χ4v) is 1.46. The molecule has 1 amide bonds. The molecule has 82 valence electrons. The van der Waals surface area contributed by atoms with Crippen LogP contribution in [0.2, 0.25) is 0 Å². The second kappa shape index (κ2) is 5.48. The van der Waals surface area contributed by atoms with Crippen molar-refractivity contribution < 1.29 is 4.79 Å². The lowest BCUT2D eigenvalue weighted by molar-refractivity contribution is -0.119. The van der Waals surface area contributed by atoms with Crippen molar-refractivity contribution >= 4 is 5.91 Å². The largest absolute Gasteiger partial charge is 0.348 e. The Labute approximate surface area is 89.6 Å². The highest BCUT2D eigenvalue weighted by Crippen LogP contribution is 2.13. The average molecular weight is 207 g/mol. The van der Waals surface area contributed by atoms with Gasteiger partial charge in [0.1, 0.15) is 0 Å². The number of amides is 1. The van der Waals surface area contributed by atoms with Crippen molar-refractivity contribution in [1.29, 1.82) is 0 Å². The van der Waals surface area contributed by atoms with E-state index in [-0.39, 0.29) is 11.9 Å². The maximum absolute atomic E-state index is 10.9. The van der Waals surface area contributed by atoms with Gasteiger partial charge in [-0.2, -0.15) is 0 Å². The highest BCUT2D eigenvalue weighted by atomic mass is 16.1. The van der Waals surface area contributed by atoms with Crippen LogP contribution in [-0.4, -0.2) is 12.5 Å². The number of benzene rings is 1. The number of hydrogen-bond donors (Lipinski definition) is 3. The van der Waals surface area contributed by atoms with Crippen molar-refractivity contribution in [3.8, 4) is 0 Å². The van der Waals surface area contributed by atoms with Gasteiger partial charge in [0.15, 0.2) is 0 Å². The highest BCUT2D eigenvalue weighted by Gasteiger charge is 2.10. The van der Waals surface area contributed by atoms with E-state index in [4.69, 9.17) is 11.5 Å². The Morgan fingerprint density at radius 2 is 2.20 bits per heavy atom. The second-order valence-electron chi connectivity index (χ2n) is 3.44. The molecule has 0 heterocycles. The molecule has 0 radical (unpaired) electrons. The van der Waals surface area contributed by atoms with Crippen molar-refractivity contribution in [2.45, 2.75) is 19.5 Å². The van der Waals surface area contributed by atoms with E-state index in [1.807, 2.05) is 24.3 Å². The third kappa shape index (κ3) is 3.34. The molecule has 0 saturated heterocycles. The van der Waals surface area contributed by atoms with Crippen LogP contribution in [0.25, 0.3) is 0 Å². The maximum Gasteiger partial charge on any atom is 0.217 e. The van der Waals surface area contributed by atoms with E-state index in [0.717, 1.165) is 11.1 Å². The normalized spacial score (nSPS) is 12.2. The van der Waals surface area contributed by atoms with Crippen LogP contribution < -0.4 is 16.8 Å². The summed E-state index contributed by atoms with van der Waals surface area (Å²) in [5, 5.41) is 2.79. The summed E-state index contributed by atoms with van der Waals surface area (Å²) in [7, 11) is 0. The first-order valence-corrected chi connectivity index (χ1v) is 4.93. The molecule has 0 bridgehead atoms. The molecule has 0 aliphatic rings. The van der Waals surface area contributed by atoms with Crippen molar-refractivity contribution in [1.82, 2.24) is 5.32 Å². The summed E-state index contributed by atoms with van der Waals surface area (Å²) in [6.45, 7) is 2.36. The Hall–Kier alpha value is -1.39. The van der Waals surface area contributed by atoms with Crippen LogP contribution in [0.15, 0.2) is 24.3 Å². The Balaban J connectivity index is 2.85. The minimum atomic E-state index is -0.131. The number of nitrogens with two attached hydrogens (primary N) is 2. The van der Waals surface area contributed by atoms with Gasteiger partial charge in [0.25, 0.3) is 0 Å². The monoisotopic (exact) mass is 207 g/mol. The third-order valence-corrected chi connectivity index (χ3v) is 2.20. The molecular weight excluding hydrogens is 190 g/mol. The van der Waals surface area contributed by atoms with E-state index < -0.39 is 0 Å². The Morgan fingerprint density at radius 1 is 1.47 bits per heavy atom. The minimum Gasteiger partial charge on any atom is -0.348 e. The molecule has 1 rings (SSSR count). The molecule has 1 atom stereocenters. The standard InChI is InChI=1S/C11H17N3O/c1-8(15)14-11(7-13)10-4-2-3-9(5-10)6-12/h2-5,11H,6-7,12-13H2,1H3,(H,14,15). The number of carbonyl (C=O) groups excluding carboxylic acids is 1. The fourth-order valence-electron chi connectivity index (χ4n) is 1.46. The van der Waals surface area contributed by atoms with E-state index in [0.29, 0.717) is 13.1 Å². The van der Waals surface area contributed by atoms with Gasteiger partial charge in [-0.25, -0.2) is 0 Å². The Kier molecular flexibility index (Phi) is 4.27. The molecule has 0 fully saturated rings. The van der Waals surface area contributed by atoms with Crippen molar-refractivity contribution in [2.24, 2.45) is 11.5 Å². The van der Waals surface area contributed by atoms with Crippen molar-refractivity contribution in [3.05, 3.63) is 35.4 Å². The summed E-state index contributed by atoms with van der Waals surface area (Å²) in [5.74, 6) is -0.0800. The molecule has 0 aliphatic carbocycles. The van der Waals surface area contributed by atoms with Crippen LogP contribution in [0.1, 0.15) is 24.1 Å². The van der Waals surface area contributed by atoms with Gasteiger partial charge in [-0.1, -0.05) is 24.3 Å². The zero-order chi connectivity index (χ0) is 11.3. The van der Waals surface area contributed by atoms with Crippen molar-refractivity contribution in [3.63, 3.8) is 0 Å². The van der Waals surface area contributed by atoms with Crippen molar-refractivity contribution in [2.75, 3.05) is 6.54 Å². The summed E-state index contributed by atoms with van der Waals surface area (Å²) in [4.78, 5) is 10.9. The first-order valence-electron chi connectivity index (χ1n) is 4.93. The predicted octanol–water partition coefficient (Wildman–Crippen LogP) is 0.281. The van der Waals surface area contributed by atoms with E-state index in [1.165, 1.54) is 6.92 Å². The summed E-state index contributed by atoms with van der Waals surface area (Å²) in [6.07, 6.45) is 0. The Morgan fingerprint density at radius 3 is 2.73 bits per heavy atom. The second-order valence-corrected chi connectivity index (χ2v) is 3.44. The quantitative estimate of drug-likeness (QED) is 0.663. The lowest BCUT2D eigenvalue weighted by atomic mass is 10.0. The molecule has 1 aromatic rings. The van der Waals surface area contributed by atoms with Gasteiger partial charge in [-0.3, -0.25) is 4.79 Å².